The normalized spacial score (nSPS) is 15.2. The number of halogens is 1. The van der Waals surface area contributed by atoms with Crippen LogP contribution in [0.5, 0.6) is 5.75 Å². The number of unbranched alkanes of at least 4 members (excludes halogenated alkanes) is 1. The maximum atomic E-state index is 13.6. The molecule has 0 aromatic heterocycles. The summed E-state index contributed by atoms with van der Waals surface area (Å²) in [5, 5.41) is 0. The molecule has 1 aliphatic heterocycles. The van der Waals surface area contributed by atoms with E-state index in [2.05, 4.69) is 16.7 Å². The van der Waals surface area contributed by atoms with Gasteiger partial charge in [-0.25, -0.2) is 4.39 Å². The lowest BCUT2D eigenvalue weighted by Crippen LogP contribution is -2.48. The predicted octanol–water partition coefficient (Wildman–Crippen LogP) is 5.79. The van der Waals surface area contributed by atoms with Gasteiger partial charge in [-0.3, -0.25) is 9.69 Å². The number of benzene rings is 3. The highest BCUT2D eigenvalue weighted by Gasteiger charge is 2.27. The molecule has 0 bridgehead atoms. The number of rotatable bonds is 10. The van der Waals surface area contributed by atoms with Gasteiger partial charge < -0.3 is 9.64 Å². The summed E-state index contributed by atoms with van der Waals surface area (Å²) in [6.45, 7) is 6.93. The van der Waals surface area contributed by atoms with E-state index in [0.29, 0.717) is 18.7 Å². The zero-order chi connectivity index (χ0) is 23.8. The minimum atomic E-state index is -0.231. The Balaban J connectivity index is 1.43. The fourth-order valence-electron chi connectivity index (χ4n) is 4.37. The van der Waals surface area contributed by atoms with E-state index >= 15 is 0 Å². The van der Waals surface area contributed by atoms with Crippen LogP contribution in [-0.2, 0) is 0 Å². The highest BCUT2D eigenvalue weighted by Crippen LogP contribution is 2.25. The van der Waals surface area contributed by atoms with Crippen molar-refractivity contribution in [1.29, 1.82) is 0 Å². The Labute approximate surface area is 202 Å². The lowest BCUT2D eigenvalue weighted by atomic mass is 9.90. The zero-order valence-corrected chi connectivity index (χ0v) is 19.8. The number of ketones is 1. The summed E-state index contributed by atoms with van der Waals surface area (Å²) in [6.07, 6.45) is 2.11. The van der Waals surface area contributed by atoms with Gasteiger partial charge >= 0.3 is 0 Å². The number of ether oxygens (including phenoxy) is 1. The highest BCUT2D eigenvalue weighted by atomic mass is 19.1. The topological polar surface area (TPSA) is 32.8 Å². The number of Topliss-reactive ketones (excluding diaryl/α,β-unsaturated/α-hetero) is 1. The Hall–Kier alpha value is -3.18. The van der Waals surface area contributed by atoms with E-state index in [1.807, 2.05) is 66.7 Å². The van der Waals surface area contributed by atoms with Crippen LogP contribution in [0.25, 0.3) is 0 Å². The zero-order valence-electron chi connectivity index (χ0n) is 19.8. The van der Waals surface area contributed by atoms with E-state index in [9.17, 15) is 9.18 Å². The number of carbonyl (C=O) groups is 1. The van der Waals surface area contributed by atoms with Crippen LogP contribution in [0.15, 0.2) is 78.9 Å². The maximum Gasteiger partial charge on any atom is 0.171 e. The van der Waals surface area contributed by atoms with E-state index < -0.39 is 0 Å². The predicted molar refractivity (Wildman–Crippen MR) is 135 cm³/mol. The molecule has 0 saturated carbocycles. The van der Waals surface area contributed by atoms with Gasteiger partial charge in [0.25, 0.3) is 0 Å². The van der Waals surface area contributed by atoms with E-state index in [-0.39, 0.29) is 17.5 Å². The quantitative estimate of drug-likeness (QED) is 0.283. The third kappa shape index (κ3) is 6.23. The molecule has 178 valence electrons. The monoisotopic (exact) mass is 460 g/mol. The van der Waals surface area contributed by atoms with Crippen molar-refractivity contribution >= 4 is 11.5 Å². The number of anilines is 1. The van der Waals surface area contributed by atoms with E-state index in [4.69, 9.17) is 4.74 Å². The van der Waals surface area contributed by atoms with Crippen molar-refractivity contribution in [2.45, 2.75) is 25.7 Å². The van der Waals surface area contributed by atoms with Crippen molar-refractivity contribution in [3.8, 4) is 5.75 Å². The van der Waals surface area contributed by atoms with Crippen LogP contribution in [0, 0.1) is 5.82 Å². The van der Waals surface area contributed by atoms with Crippen molar-refractivity contribution in [3.05, 3.63) is 95.8 Å². The summed E-state index contributed by atoms with van der Waals surface area (Å²) >= 11 is 0. The molecule has 1 atom stereocenters. The van der Waals surface area contributed by atoms with E-state index in [1.54, 1.807) is 0 Å². The third-order valence-electron chi connectivity index (χ3n) is 6.43. The fourth-order valence-corrected chi connectivity index (χ4v) is 4.37. The number of hydrogen-bond acceptors (Lipinski definition) is 4. The molecule has 1 aliphatic rings. The molecule has 1 heterocycles. The van der Waals surface area contributed by atoms with Gasteiger partial charge in [-0.2, -0.15) is 0 Å². The summed E-state index contributed by atoms with van der Waals surface area (Å²) in [7, 11) is 0. The molecular formula is C29H33FN2O2. The number of hydrogen-bond donors (Lipinski definition) is 0. The Morgan fingerprint density at radius 2 is 1.59 bits per heavy atom. The van der Waals surface area contributed by atoms with Gasteiger partial charge in [0.2, 0.25) is 0 Å². The fraction of sp³-hybridized carbons (Fsp3) is 0.345. The van der Waals surface area contributed by atoms with Gasteiger partial charge in [-0.15, -0.1) is 0 Å². The molecule has 3 aromatic rings. The molecule has 1 saturated heterocycles. The molecule has 34 heavy (non-hydrogen) atoms. The van der Waals surface area contributed by atoms with Gasteiger partial charge in [0.1, 0.15) is 11.6 Å². The Morgan fingerprint density at radius 3 is 2.24 bits per heavy atom. The van der Waals surface area contributed by atoms with Crippen LogP contribution in [0.3, 0.4) is 0 Å². The molecular weight excluding hydrogens is 427 g/mol. The summed E-state index contributed by atoms with van der Waals surface area (Å²) in [4.78, 5) is 18.2. The highest BCUT2D eigenvalue weighted by molar-refractivity contribution is 6.01. The van der Waals surface area contributed by atoms with Crippen LogP contribution < -0.4 is 9.64 Å². The lowest BCUT2D eigenvalue weighted by Gasteiger charge is -2.37. The van der Waals surface area contributed by atoms with Crippen LogP contribution in [-0.4, -0.2) is 50.0 Å². The molecule has 3 aromatic carbocycles. The summed E-state index contributed by atoms with van der Waals surface area (Å²) in [5.74, 6) is 0.489. The molecule has 0 N–H and O–H groups in total. The first-order valence-corrected chi connectivity index (χ1v) is 12.2. The maximum absolute atomic E-state index is 13.6. The lowest BCUT2D eigenvalue weighted by molar-refractivity contribution is 0.0931. The first-order chi connectivity index (χ1) is 16.6. The van der Waals surface area contributed by atoms with Crippen LogP contribution in [0.4, 0.5) is 10.1 Å². The molecule has 0 amide bonds. The molecule has 4 rings (SSSR count). The summed E-state index contributed by atoms with van der Waals surface area (Å²) in [6, 6.07) is 24.3. The SMILES string of the molecule is CCCCOc1ccc(C(=O)[C@@H](CN2CCN(c3ccc(F)cc3)CC2)c2ccccc2)cc1. The first-order valence-electron chi connectivity index (χ1n) is 12.2. The molecule has 0 spiro atoms. The van der Waals surface area contributed by atoms with Crippen molar-refractivity contribution < 1.29 is 13.9 Å². The Kier molecular flexibility index (Phi) is 8.31. The van der Waals surface area contributed by atoms with Gasteiger partial charge in [-0.05, 0) is 60.5 Å². The molecule has 1 fully saturated rings. The van der Waals surface area contributed by atoms with Crippen LogP contribution >= 0.6 is 0 Å². The Bertz CT molecular complexity index is 1030. The average Bonchev–Trinajstić information content (AvgIpc) is 2.89. The number of piperazine rings is 1. The first kappa shape index (κ1) is 24.0. The summed E-state index contributed by atoms with van der Waals surface area (Å²) < 4.78 is 19.0. The molecule has 5 heteroatoms. The van der Waals surface area contributed by atoms with E-state index in [1.165, 1.54) is 12.1 Å². The third-order valence-corrected chi connectivity index (χ3v) is 6.43. The molecule has 0 radical (unpaired) electrons. The van der Waals surface area contributed by atoms with Crippen LogP contribution in [0.2, 0.25) is 0 Å². The van der Waals surface area contributed by atoms with E-state index in [0.717, 1.165) is 56.0 Å². The number of carbonyl (C=O) groups excluding carboxylic acids is 1. The molecule has 0 unspecified atom stereocenters. The Morgan fingerprint density at radius 1 is 0.912 bits per heavy atom. The standard InChI is InChI=1S/C29H33FN2O2/c1-2-3-21-34-27-15-9-24(10-16-27)29(33)28(23-7-5-4-6-8-23)22-31-17-19-32(20-18-31)26-13-11-25(30)12-14-26/h4-16,28H,2-3,17-22H2,1H3/t28-/m0/s1. The minimum absolute atomic E-state index is 0.132. The van der Waals surface area contributed by atoms with Gasteiger partial charge in [0.15, 0.2) is 5.78 Å². The number of nitrogens with zero attached hydrogens (tertiary/aromatic N) is 2. The molecule has 0 aliphatic carbocycles. The van der Waals surface area contributed by atoms with Gasteiger partial charge in [-0.1, -0.05) is 43.7 Å². The van der Waals surface area contributed by atoms with Crippen LogP contribution in [0.1, 0.15) is 41.6 Å². The van der Waals surface area contributed by atoms with Gasteiger partial charge in [0, 0.05) is 44.0 Å². The van der Waals surface area contributed by atoms with Crippen molar-refractivity contribution in [2.75, 3.05) is 44.2 Å². The van der Waals surface area contributed by atoms with Crippen molar-refractivity contribution in [2.24, 2.45) is 0 Å². The average molecular weight is 461 g/mol. The van der Waals surface area contributed by atoms with Crippen molar-refractivity contribution in [3.63, 3.8) is 0 Å². The second kappa shape index (κ2) is 11.8. The second-order valence-corrected chi connectivity index (χ2v) is 8.82. The smallest absolute Gasteiger partial charge is 0.171 e. The van der Waals surface area contributed by atoms with Gasteiger partial charge in [0.05, 0.1) is 12.5 Å². The molecule has 4 nitrogen and oxygen atoms in total. The second-order valence-electron chi connectivity index (χ2n) is 8.82. The minimum Gasteiger partial charge on any atom is -0.494 e. The summed E-state index contributed by atoms with van der Waals surface area (Å²) in [5.41, 5.74) is 2.79. The van der Waals surface area contributed by atoms with Crippen molar-refractivity contribution in [1.82, 2.24) is 4.90 Å². The largest absolute Gasteiger partial charge is 0.494 e.